The molecule has 1 aromatic heterocycles. The molecule has 0 amide bonds. The van der Waals surface area contributed by atoms with E-state index < -0.39 is 5.66 Å². The minimum absolute atomic E-state index is 0.0573. The highest BCUT2D eigenvalue weighted by molar-refractivity contribution is 6.98. The SMILES string of the molecule is CC1(N)COC(c2cncc(-c3cc4c5c(c3)Oc3ccccc3B5c3ccccc3O4)c2)=N1. The Morgan fingerprint density at radius 1 is 0.794 bits per heavy atom. The first kappa shape index (κ1) is 19.4. The smallest absolute Gasteiger partial charge is 0.260 e. The number of para-hydroxylation sites is 2. The van der Waals surface area contributed by atoms with Crippen LogP contribution in [0.1, 0.15) is 12.5 Å². The summed E-state index contributed by atoms with van der Waals surface area (Å²) in [6, 6.07) is 22.5. The average Bonchev–Trinajstić information content (AvgIpc) is 3.23. The second kappa shape index (κ2) is 6.95. The fourth-order valence-electron chi connectivity index (χ4n) is 4.93. The van der Waals surface area contributed by atoms with Crippen molar-refractivity contribution in [3.63, 3.8) is 0 Å². The summed E-state index contributed by atoms with van der Waals surface area (Å²) >= 11 is 0. The van der Waals surface area contributed by atoms with E-state index in [0.717, 1.165) is 56.1 Å². The van der Waals surface area contributed by atoms with Gasteiger partial charge in [0.2, 0.25) is 5.90 Å². The molecule has 0 radical (unpaired) electrons. The molecule has 0 saturated heterocycles. The minimum atomic E-state index is -0.723. The molecule has 3 aromatic carbocycles. The number of fused-ring (bicyclic) bond motifs is 4. The van der Waals surface area contributed by atoms with Crippen molar-refractivity contribution in [3.05, 3.63) is 84.7 Å². The number of benzene rings is 3. The van der Waals surface area contributed by atoms with Gasteiger partial charge in [0.25, 0.3) is 6.71 Å². The predicted molar refractivity (Wildman–Crippen MR) is 132 cm³/mol. The number of aliphatic imine (C=N–C) groups is 1. The maximum Gasteiger partial charge on any atom is 0.260 e. The van der Waals surface area contributed by atoms with E-state index in [1.54, 1.807) is 6.20 Å². The Labute approximate surface area is 197 Å². The van der Waals surface area contributed by atoms with E-state index in [-0.39, 0.29) is 6.71 Å². The van der Waals surface area contributed by atoms with Crippen molar-refractivity contribution in [2.75, 3.05) is 6.61 Å². The van der Waals surface area contributed by atoms with Crippen molar-refractivity contribution in [2.24, 2.45) is 10.7 Å². The highest BCUT2D eigenvalue weighted by Gasteiger charge is 2.40. The summed E-state index contributed by atoms with van der Waals surface area (Å²) in [6.45, 7) is 2.24. The third kappa shape index (κ3) is 2.94. The van der Waals surface area contributed by atoms with Crippen molar-refractivity contribution in [2.45, 2.75) is 12.6 Å². The molecular weight excluding hydrogens is 425 g/mol. The molecule has 6 nitrogen and oxygen atoms in total. The van der Waals surface area contributed by atoms with Crippen molar-refractivity contribution in [3.8, 4) is 34.1 Å². The van der Waals surface area contributed by atoms with Crippen LogP contribution in [0.2, 0.25) is 0 Å². The van der Waals surface area contributed by atoms with Crippen LogP contribution in [-0.4, -0.2) is 29.9 Å². The zero-order chi connectivity index (χ0) is 22.9. The highest BCUT2D eigenvalue weighted by Crippen LogP contribution is 2.38. The Morgan fingerprint density at radius 3 is 2.03 bits per heavy atom. The van der Waals surface area contributed by atoms with Crippen molar-refractivity contribution >= 4 is 29.0 Å². The van der Waals surface area contributed by atoms with E-state index in [0.29, 0.717) is 12.5 Å². The van der Waals surface area contributed by atoms with E-state index in [1.165, 1.54) is 0 Å². The second-order valence-electron chi connectivity index (χ2n) is 9.12. The zero-order valence-corrected chi connectivity index (χ0v) is 18.5. The summed E-state index contributed by atoms with van der Waals surface area (Å²) in [5.41, 5.74) is 11.3. The number of aromatic nitrogens is 1. The number of nitrogens with two attached hydrogens (primary N) is 1. The molecule has 164 valence electrons. The van der Waals surface area contributed by atoms with E-state index >= 15 is 0 Å². The number of nitrogens with zero attached hydrogens (tertiary/aromatic N) is 2. The van der Waals surface area contributed by atoms with Crippen LogP contribution < -0.4 is 31.6 Å². The van der Waals surface area contributed by atoms with E-state index in [4.69, 9.17) is 19.9 Å². The topological polar surface area (TPSA) is 79.0 Å². The molecule has 7 rings (SSSR count). The third-order valence-electron chi connectivity index (χ3n) is 6.47. The number of rotatable bonds is 2. The van der Waals surface area contributed by atoms with Gasteiger partial charge in [-0.05, 0) is 53.7 Å². The van der Waals surface area contributed by atoms with Crippen molar-refractivity contribution in [1.82, 2.24) is 4.98 Å². The van der Waals surface area contributed by atoms with Gasteiger partial charge in [-0.1, -0.05) is 36.4 Å². The first-order valence-electron chi connectivity index (χ1n) is 11.2. The molecule has 0 fully saturated rings. The van der Waals surface area contributed by atoms with Gasteiger partial charge in [-0.3, -0.25) is 4.98 Å². The molecule has 7 heteroatoms. The van der Waals surface area contributed by atoms with Gasteiger partial charge < -0.3 is 19.9 Å². The lowest BCUT2D eigenvalue weighted by Gasteiger charge is -2.33. The van der Waals surface area contributed by atoms with Gasteiger partial charge in [0, 0.05) is 23.4 Å². The molecule has 1 atom stereocenters. The van der Waals surface area contributed by atoms with Gasteiger partial charge in [0.1, 0.15) is 35.3 Å². The Balaban J connectivity index is 1.38. The average molecular weight is 445 g/mol. The van der Waals surface area contributed by atoms with Crippen LogP contribution in [0.25, 0.3) is 11.1 Å². The first-order chi connectivity index (χ1) is 16.6. The van der Waals surface area contributed by atoms with E-state index in [1.807, 2.05) is 43.5 Å². The predicted octanol–water partition coefficient (Wildman–Crippen LogP) is 2.93. The summed E-state index contributed by atoms with van der Waals surface area (Å²) in [5, 5.41) is 0. The fraction of sp³-hybridized carbons (Fsp3) is 0.111. The van der Waals surface area contributed by atoms with Gasteiger partial charge >= 0.3 is 0 Å². The summed E-state index contributed by atoms with van der Waals surface area (Å²) in [7, 11) is 0. The van der Waals surface area contributed by atoms with Gasteiger partial charge in [-0.2, -0.15) is 0 Å². The Morgan fingerprint density at radius 2 is 1.41 bits per heavy atom. The first-order valence-corrected chi connectivity index (χ1v) is 11.2. The van der Waals surface area contributed by atoms with E-state index in [9.17, 15) is 0 Å². The summed E-state index contributed by atoms with van der Waals surface area (Å²) in [5.74, 6) is 3.82. The van der Waals surface area contributed by atoms with Crippen LogP contribution in [0.4, 0.5) is 0 Å². The minimum Gasteiger partial charge on any atom is -0.473 e. The van der Waals surface area contributed by atoms with Gasteiger partial charge in [-0.15, -0.1) is 0 Å². The molecule has 2 N–H and O–H groups in total. The highest BCUT2D eigenvalue weighted by atomic mass is 16.5. The summed E-state index contributed by atoms with van der Waals surface area (Å²) in [4.78, 5) is 8.92. The van der Waals surface area contributed by atoms with Crippen molar-refractivity contribution in [1.29, 1.82) is 0 Å². The van der Waals surface area contributed by atoms with Crippen molar-refractivity contribution < 1.29 is 14.2 Å². The standard InChI is InChI=1S/C27H20BN3O3/c1-27(29)15-32-26(31-27)18-10-17(13-30-14-18)16-11-23-25-24(12-16)34-22-9-5-3-7-20(22)28(25)19-6-2-4-8-21(19)33-23/h2-14H,15,29H2,1H3. The number of hydrogen-bond acceptors (Lipinski definition) is 6. The molecule has 3 aliphatic heterocycles. The molecule has 4 aromatic rings. The van der Waals surface area contributed by atoms with Crippen LogP contribution in [0, 0.1) is 0 Å². The molecular formula is C27H20BN3O3. The summed E-state index contributed by atoms with van der Waals surface area (Å²) < 4.78 is 18.5. The summed E-state index contributed by atoms with van der Waals surface area (Å²) in [6.07, 6.45) is 3.56. The Kier molecular flexibility index (Phi) is 3.96. The lowest BCUT2D eigenvalue weighted by Crippen LogP contribution is -2.57. The number of pyridine rings is 1. The molecule has 1 unspecified atom stereocenters. The lowest BCUT2D eigenvalue weighted by atomic mass is 9.35. The Hall–Kier alpha value is -4.10. The van der Waals surface area contributed by atoms with Crippen LogP contribution in [-0.2, 0) is 4.74 Å². The Bertz CT molecular complexity index is 1440. The molecule has 0 bridgehead atoms. The number of ether oxygens (including phenoxy) is 3. The fourth-order valence-corrected chi connectivity index (χ4v) is 4.93. The van der Waals surface area contributed by atoms with Gasteiger partial charge in [-0.25, -0.2) is 4.99 Å². The lowest BCUT2D eigenvalue weighted by molar-refractivity contribution is 0.271. The molecule has 0 spiro atoms. The van der Waals surface area contributed by atoms with Gasteiger partial charge in [0.05, 0.1) is 5.56 Å². The third-order valence-corrected chi connectivity index (χ3v) is 6.47. The van der Waals surface area contributed by atoms with Crippen LogP contribution in [0.5, 0.6) is 23.0 Å². The molecule has 0 aliphatic carbocycles. The zero-order valence-electron chi connectivity index (χ0n) is 18.5. The van der Waals surface area contributed by atoms with Crippen LogP contribution in [0.15, 0.2) is 84.1 Å². The molecule has 4 heterocycles. The quantitative estimate of drug-likeness (QED) is 0.415. The molecule has 34 heavy (non-hydrogen) atoms. The van der Waals surface area contributed by atoms with E-state index in [2.05, 4.69) is 46.4 Å². The van der Waals surface area contributed by atoms with Crippen LogP contribution >= 0.6 is 0 Å². The second-order valence-corrected chi connectivity index (χ2v) is 9.12. The van der Waals surface area contributed by atoms with Gasteiger partial charge in [0.15, 0.2) is 0 Å². The number of hydrogen-bond donors (Lipinski definition) is 1. The maximum atomic E-state index is 6.39. The molecule has 3 aliphatic rings. The normalized spacial score (nSPS) is 19.1. The molecule has 0 saturated carbocycles. The monoisotopic (exact) mass is 445 g/mol. The maximum absolute atomic E-state index is 6.39. The van der Waals surface area contributed by atoms with Crippen LogP contribution in [0.3, 0.4) is 0 Å². The largest absolute Gasteiger partial charge is 0.473 e.